The molecular weight excluding hydrogens is 358 g/mol. The predicted octanol–water partition coefficient (Wildman–Crippen LogP) is 1.72. The summed E-state index contributed by atoms with van der Waals surface area (Å²) in [5, 5.41) is 2.94. The first-order valence-corrected chi connectivity index (χ1v) is 10.8. The molecule has 0 radical (unpaired) electrons. The van der Waals surface area contributed by atoms with E-state index in [4.69, 9.17) is 0 Å². The predicted molar refractivity (Wildman–Crippen MR) is 102 cm³/mol. The van der Waals surface area contributed by atoms with Crippen LogP contribution in [0.4, 0.5) is 0 Å². The Bertz CT molecular complexity index is 675. The lowest BCUT2D eigenvalue weighted by atomic mass is 9.99. The zero-order valence-electron chi connectivity index (χ0n) is 15.1. The van der Waals surface area contributed by atoms with E-state index in [-0.39, 0.29) is 18.4 Å². The normalized spacial score (nSPS) is 19.1. The first-order chi connectivity index (χ1) is 11.8. The van der Waals surface area contributed by atoms with Gasteiger partial charge in [0.2, 0.25) is 5.91 Å². The Balaban J connectivity index is 1.77. The minimum Gasteiger partial charge on any atom is -0.355 e. The van der Waals surface area contributed by atoms with Gasteiger partial charge in [0.25, 0.3) is 10.2 Å². The molecule has 0 aromatic heterocycles. The summed E-state index contributed by atoms with van der Waals surface area (Å²) in [6, 6.07) is 8.30. The molecule has 25 heavy (non-hydrogen) atoms. The molecule has 0 spiro atoms. The Morgan fingerprint density at radius 1 is 1.32 bits per heavy atom. The zero-order valence-corrected chi connectivity index (χ0v) is 16.7. The van der Waals surface area contributed by atoms with Gasteiger partial charge in [0.05, 0.1) is 5.92 Å². The number of nitrogens with one attached hydrogen (secondary N) is 1. The number of carbonyl (C=O) groups excluding carboxylic acids is 1. The molecule has 0 unspecified atom stereocenters. The van der Waals surface area contributed by atoms with Crippen molar-refractivity contribution < 1.29 is 13.2 Å². The Labute approximate surface area is 155 Å². The maximum absolute atomic E-state index is 12.3. The van der Waals surface area contributed by atoms with Crippen molar-refractivity contribution in [3.8, 4) is 0 Å². The summed E-state index contributed by atoms with van der Waals surface area (Å²) in [5.74, 6) is 0.470. The van der Waals surface area contributed by atoms with Gasteiger partial charge in [0, 0.05) is 44.4 Å². The van der Waals surface area contributed by atoms with Crippen LogP contribution in [-0.4, -0.2) is 62.4 Å². The molecule has 1 N–H and O–H groups in total. The number of hydrogen-bond acceptors (Lipinski definition) is 4. The molecule has 140 valence electrons. The number of piperidine rings is 1. The number of carbonyl (C=O) groups is 1. The van der Waals surface area contributed by atoms with E-state index in [1.807, 2.05) is 0 Å². The van der Waals surface area contributed by atoms with Crippen molar-refractivity contribution in [1.29, 1.82) is 0 Å². The SMILES string of the molecule is Cc1ccc(SCCNC(=O)[C@@H]2CCCN(S(=O)(=O)N(C)C)C2)cc1. The number of nitrogens with zero attached hydrogens (tertiary/aromatic N) is 2. The molecule has 1 aliphatic rings. The van der Waals surface area contributed by atoms with Gasteiger partial charge in [-0.3, -0.25) is 4.79 Å². The Kier molecular flexibility index (Phi) is 7.30. The lowest BCUT2D eigenvalue weighted by Gasteiger charge is -2.32. The summed E-state index contributed by atoms with van der Waals surface area (Å²) in [5.41, 5.74) is 1.23. The molecule has 1 atom stereocenters. The molecule has 1 saturated heterocycles. The molecule has 1 aromatic carbocycles. The minimum absolute atomic E-state index is 0.0526. The van der Waals surface area contributed by atoms with Gasteiger partial charge in [-0.15, -0.1) is 11.8 Å². The van der Waals surface area contributed by atoms with Crippen molar-refractivity contribution in [3.05, 3.63) is 29.8 Å². The number of hydrogen-bond donors (Lipinski definition) is 1. The lowest BCUT2D eigenvalue weighted by molar-refractivity contribution is -0.125. The molecule has 6 nitrogen and oxygen atoms in total. The van der Waals surface area contributed by atoms with Crippen LogP contribution >= 0.6 is 11.8 Å². The zero-order chi connectivity index (χ0) is 18.4. The van der Waals surface area contributed by atoms with E-state index in [1.54, 1.807) is 11.8 Å². The summed E-state index contributed by atoms with van der Waals surface area (Å²) in [6.45, 7) is 3.37. The van der Waals surface area contributed by atoms with Gasteiger partial charge in [0.1, 0.15) is 0 Å². The van der Waals surface area contributed by atoms with Crippen LogP contribution in [0.5, 0.6) is 0 Å². The number of thioether (sulfide) groups is 1. The van der Waals surface area contributed by atoms with E-state index in [1.165, 1.54) is 33.2 Å². The number of benzene rings is 1. The number of aryl methyl sites for hydroxylation is 1. The van der Waals surface area contributed by atoms with Crippen LogP contribution in [0.2, 0.25) is 0 Å². The molecule has 0 bridgehead atoms. The van der Waals surface area contributed by atoms with Crippen molar-refractivity contribution in [2.24, 2.45) is 5.92 Å². The van der Waals surface area contributed by atoms with Crippen molar-refractivity contribution in [1.82, 2.24) is 13.9 Å². The standard InChI is InChI=1S/C17H27N3O3S2/c1-14-6-8-16(9-7-14)24-12-10-18-17(21)15-5-4-11-20(13-15)25(22,23)19(2)3/h6-9,15H,4-5,10-13H2,1-3H3,(H,18,21)/t15-/m1/s1. The fraction of sp³-hybridized carbons (Fsp3) is 0.588. The van der Waals surface area contributed by atoms with Crippen LogP contribution in [0.25, 0.3) is 0 Å². The Hall–Kier alpha value is -1.09. The van der Waals surface area contributed by atoms with Gasteiger partial charge in [-0.25, -0.2) is 0 Å². The van der Waals surface area contributed by atoms with Gasteiger partial charge in [-0.1, -0.05) is 17.7 Å². The van der Waals surface area contributed by atoms with E-state index in [0.717, 1.165) is 12.2 Å². The highest BCUT2D eigenvalue weighted by Gasteiger charge is 2.33. The van der Waals surface area contributed by atoms with Crippen LogP contribution in [0.15, 0.2) is 29.2 Å². The van der Waals surface area contributed by atoms with Crippen molar-refractivity contribution in [2.75, 3.05) is 39.5 Å². The highest BCUT2D eigenvalue weighted by atomic mass is 32.2. The summed E-state index contributed by atoms with van der Waals surface area (Å²) >= 11 is 1.70. The Morgan fingerprint density at radius 3 is 2.64 bits per heavy atom. The topological polar surface area (TPSA) is 69.7 Å². The third-order valence-electron chi connectivity index (χ3n) is 4.23. The van der Waals surface area contributed by atoms with Crippen LogP contribution < -0.4 is 5.32 Å². The van der Waals surface area contributed by atoms with Crippen LogP contribution in [0.1, 0.15) is 18.4 Å². The van der Waals surface area contributed by atoms with Crippen LogP contribution in [0, 0.1) is 12.8 Å². The highest BCUT2D eigenvalue weighted by Crippen LogP contribution is 2.21. The van der Waals surface area contributed by atoms with E-state index in [2.05, 4.69) is 36.5 Å². The summed E-state index contributed by atoms with van der Waals surface area (Å²) in [6.07, 6.45) is 1.44. The molecule has 0 aliphatic carbocycles. The van der Waals surface area contributed by atoms with Gasteiger partial charge in [-0.05, 0) is 31.9 Å². The minimum atomic E-state index is -3.45. The Morgan fingerprint density at radius 2 is 2.00 bits per heavy atom. The van der Waals surface area contributed by atoms with Crippen molar-refractivity contribution >= 4 is 27.9 Å². The number of amides is 1. The molecule has 1 fully saturated rings. The largest absolute Gasteiger partial charge is 0.355 e. The molecule has 0 saturated carbocycles. The maximum atomic E-state index is 12.3. The third-order valence-corrected chi connectivity index (χ3v) is 7.15. The van der Waals surface area contributed by atoms with Gasteiger partial charge >= 0.3 is 0 Å². The molecule has 1 aliphatic heterocycles. The second-order valence-corrected chi connectivity index (χ2v) is 9.75. The smallest absolute Gasteiger partial charge is 0.281 e. The van der Waals surface area contributed by atoms with Gasteiger partial charge < -0.3 is 5.32 Å². The first kappa shape index (κ1) is 20.2. The van der Waals surface area contributed by atoms with Gasteiger partial charge in [-0.2, -0.15) is 17.0 Å². The maximum Gasteiger partial charge on any atom is 0.281 e. The van der Waals surface area contributed by atoms with E-state index < -0.39 is 10.2 Å². The molecule has 8 heteroatoms. The molecule has 1 aromatic rings. The lowest BCUT2D eigenvalue weighted by Crippen LogP contribution is -2.49. The molecule has 2 rings (SSSR count). The molecular formula is C17H27N3O3S2. The van der Waals surface area contributed by atoms with E-state index in [9.17, 15) is 13.2 Å². The fourth-order valence-corrected chi connectivity index (χ4v) is 4.68. The number of rotatable bonds is 7. The van der Waals surface area contributed by atoms with Gasteiger partial charge in [0.15, 0.2) is 0 Å². The third kappa shape index (κ3) is 5.70. The quantitative estimate of drug-likeness (QED) is 0.573. The summed E-state index contributed by atoms with van der Waals surface area (Å²) < 4.78 is 27.0. The molecule has 1 heterocycles. The summed E-state index contributed by atoms with van der Waals surface area (Å²) in [4.78, 5) is 13.5. The second kappa shape index (κ2) is 9.02. The van der Waals surface area contributed by atoms with Crippen molar-refractivity contribution in [3.63, 3.8) is 0 Å². The average molecular weight is 386 g/mol. The summed E-state index contributed by atoms with van der Waals surface area (Å²) in [7, 11) is -0.418. The van der Waals surface area contributed by atoms with E-state index in [0.29, 0.717) is 19.5 Å². The fourth-order valence-electron chi connectivity index (χ4n) is 2.72. The van der Waals surface area contributed by atoms with E-state index >= 15 is 0 Å². The molecule has 1 amide bonds. The monoisotopic (exact) mass is 385 g/mol. The first-order valence-electron chi connectivity index (χ1n) is 8.45. The van der Waals surface area contributed by atoms with Crippen LogP contribution in [0.3, 0.4) is 0 Å². The van der Waals surface area contributed by atoms with Crippen molar-refractivity contribution in [2.45, 2.75) is 24.7 Å². The average Bonchev–Trinajstić information content (AvgIpc) is 2.60. The second-order valence-electron chi connectivity index (χ2n) is 6.44. The van der Waals surface area contributed by atoms with Crippen LogP contribution in [-0.2, 0) is 15.0 Å². The highest BCUT2D eigenvalue weighted by molar-refractivity contribution is 7.99.